The van der Waals surface area contributed by atoms with Crippen LogP contribution < -0.4 is 5.32 Å². The molecule has 25 heavy (non-hydrogen) atoms. The van der Waals surface area contributed by atoms with Crippen molar-refractivity contribution in [3.8, 4) is 0 Å². The van der Waals surface area contributed by atoms with Gasteiger partial charge in [0.2, 0.25) is 0 Å². The van der Waals surface area contributed by atoms with E-state index in [-0.39, 0.29) is 18.6 Å². The normalized spacial score (nSPS) is 30.0. The molecule has 1 aromatic heterocycles. The number of hydrogen-bond acceptors (Lipinski definition) is 3. The smallest absolute Gasteiger partial charge is 0.252 e. The minimum atomic E-state index is 0.0765. The summed E-state index contributed by atoms with van der Waals surface area (Å²) in [6.45, 7) is 0.288. The summed E-state index contributed by atoms with van der Waals surface area (Å²) >= 11 is 0. The van der Waals surface area contributed by atoms with E-state index in [1.165, 1.54) is 0 Å². The summed E-state index contributed by atoms with van der Waals surface area (Å²) in [5.41, 5.74) is 4.06. The molecule has 2 saturated carbocycles. The molecule has 4 nitrogen and oxygen atoms in total. The second-order valence-corrected chi connectivity index (χ2v) is 8.04. The summed E-state index contributed by atoms with van der Waals surface area (Å²) in [5, 5.41) is 13.7. The molecule has 5 rings (SSSR count). The molecule has 1 amide bonds. The molecule has 0 bridgehead atoms. The molecular formula is C21H24N2O2. The number of pyridine rings is 1. The van der Waals surface area contributed by atoms with Crippen LogP contribution in [0.3, 0.4) is 0 Å². The van der Waals surface area contributed by atoms with E-state index in [0.717, 1.165) is 66.2 Å². The number of rotatable bonds is 3. The summed E-state index contributed by atoms with van der Waals surface area (Å²) < 4.78 is 0. The molecule has 2 fully saturated rings. The Balaban J connectivity index is 1.45. The number of aliphatic hydroxyl groups is 1. The van der Waals surface area contributed by atoms with E-state index >= 15 is 0 Å². The first-order valence-electron chi connectivity index (χ1n) is 9.57. The first kappa shape index (κ1) is 15.3. The highest BCUT2D eigenvalue weighted by atomic mass is 16.3. The second kappa shape index (κ2) is 5.80. The lowest BCUT2D eigenvalue weighted by Crippen LogP contribution is -2.50. The molecule has 1 aromatic carbocycles. The number of aliphatic hydroxyl groups excluding tert-OH is 1. The number of hydrogen-bond donors (Lipinski definition) is 2. The fourth-order valence-electron chi connectivity index (χ4n) is 5.37. The van der Waals surface area contributed by atoms with Gasteiger partial charge in [-0.1, -0.05) is 18.2 Å². The van der Waals surface area contributed by atoms with Gasteiger partial charge in [0.05, 0.1) is 11.1 Å². The summed E-state index contributed by atoms with van der Waals surface area (Å²) in [6.07, 6.45) is 6.28. The van der Waals surface area contributed by atoms with Gasteiger partial charge >= 0.3 is 0 Å². The van der Waals surface area contributed by atoms with Gasteiger partial charge in [-0.2, -0.15) is 0 Å². The van der Waals surface area contributed by atoms with Gasteiger partial charge in [0, 0.05) is 23.7 Å². The SMILES string of the molecule is O=C(NC1C[C@H]2CC(CO)C[C@@H]12)c1c2c(nc3ccccc13)CCC2. The number of fused-ring (bicyclic) bond motifs is 3. The summed E-state index contributed by atoms with van der Waals surface area (Å²) in [6, 6.07) is 8.29. The molecule has 0 aliphatic heterocycles. The van der Waals surface area contributed by atoms with E-state index in [9.17, 15) is 9.90 Å². The fourth-order valence-corrected chi connectivity index (χ4v) is 5.37. The maximum atomic E-state index is 13.2. The molecule has 0 saturated heterocycles. The Bertz CT molecular complexity index is 847. The molecule has 1 heterocycles. The Kier molecular flexibility index (Phi) is 3.56. The van der Waals surface area contributed by atoms with E-state index in [1.807, 2.05) is 24.3 Å². The average molecular weight is 336 g/mol. The van der Waals surface area contributed by atoms with E-state index < -0.39 is 0 Å². The highest BCUT2D eigenvalue weighted by molar-refractivity contribution is 6.08. The summed E-state index contributed by atoms with van der Waals surface area (Å²) in [5.74, 6) is 1.76. The number of nitrogens with one attached hydrogen (secondary N) is 1. The lowest BCUT2D eigenvalue weighted by Gasteiger charge is -2.41. The van der Waals surface area contributed by atoms with Gasteiger partial charge < -0.3 is 10.4 Å². The molecule has 4 atom stereocenters. The summed E-state index contributed by atoms with van der Waals surface area (Å²) in [4.78, 5) is 18.0. The van der Waals surface area contributed by atoms with Crippen LogP contribution in [0.15, 0.2) is 24.3 Å². The van der Waals surface area contributed by atoms with Crippen molar-refractivity contribution in [1.29, 1.82) is 0 Å². The highest BCUT2D eigenvalue weighted by Gasteiger charge is 2.48. The third-order valence-corrected chi connectivity index (χ3v) is 6.64. The number of benzene rings is 1. The van der Waals surface area contributed by atoms with E-state index in [2.05, 4.69) is 5.32 Å². The lowest BCUT2D eigenvalue weighted by molar-refractivity contribution is 0.0807. The predicted octanol–water partition coefficient (Wildman–Crippen LogP) is 2.86. The Morgan fingerprint density at radius 2 is 2.08 bits per heavy atom. The number of amides is 1. The molecule has 0 spiro atoms. The zero-order valence-corrected chi connectivity index (χ0v) is 14.4. The van der Waals surface area contributed by atoms with Crippen LogP contribution in [0.4, 0.5) is 0 Å². The van der Waals surface area contributed by atoms with Crippen molar-refractivity contribution in [2.24, 2.45) is 17.8 Å². The highest BCUT2D eigenvalue weighted by Crippen LogP contribution is 2.49. The quantitative estimate of drug-likeness (QED) is 0.906. The van der Waals surface area contributed by atoms with Crippen molar-refractivity contribution in [3.63, 3.8) is 0 Å². The van der Waals surface area contributed by atoms with Crippen molar-refractivity contribution in [1.82, 2.24) is 10.3 Å². The maximum absolute atomic E-state index is 13.2. The average Bonchev–Trinajstić information content (AvgIpc) is 3.21. The molecular weight excluding hydrogens is 312 g/mol. The van der Waals surface area contributed by atoms with Gasteiger partial charge in [0.15, 0.2) is 0 Å². The third kappa shape index (κ3) is 2.38. The minimum absolute atomic E-state index is 0.0765. The van der Waals surface area contributed by atoms with Crippen LogP contribution in [0.25, 0.3) is 10.9 Å². The molecule has 2 aromatic rings. The molecule has 2 N–H and O–H groups in total. The van der Waals surface area contributed by atoms with Crippen molar-refractivity contribution in [3.05, 3.63) is 41.1 Å². The van der Waals surface area contributed by atoms with Crippen LogP contribution in [-0.2, 0) is 12.8 Å². The zero-order chi connectivity index (χ0) is 17.0. The molecule has 3 aliphatic carbocycles. The third-order valence-electron chi connectivity index (χ3n) is 6.64. The topological polar surface area (TPSA) is 62.2 Å². The Morgan fingerprint density at radius 3 is 2.96 bits per heavy atom. The van der Waals surface area contributed by atoms with E-state index in [0.29, 0.717) is 17.8 Å². The van der Waals surface area contributed by atoms with Crippen LogP contribution in [0, 0.1) is 17.8 Å². The van der Waals surface area contributed by atoms with Gasteiger partial charge in [0.25, 0.3) is 5.91 Å². The summed E-state index contributed by atoms with van der Waals surface area (Å²) in [7, 11) is 0. The zero-order valence-electron chi connectivity index (χ0n) is 14.4. The molecule has 130 valence electrons. The van der Waals surface area contributed by atoms with Gasteiger partial charge in [-0.3, -0.25) is 9.78 Å². The van der Waals surface area contributed by atoms with Crippen LogP contribution in [0.2, 0.25) is 0 Å². The van der Waals surface area contributed by atoms with Crippen LogP contribution in [0.1, 0.15) is 47.3 Å². The van der Waals surface area contributed by atoms with Gasteiger partial charge in [-0.15, -0.1) is 0 Å². The number of carbonyl (C=O) groups excluding carboxylic acids is 1. The van der Waals surface area contributed by atoms with Crippen molar-refractivity contribution in [2.75, 3.05) is 6.61 Å². The maximum Gasteiger partial charge on any atom is 0.252 e. The predicted molar refractivity (Wildman–Crippen MR) is 96.4 cm³/mol. The Labute approximate surface area is 147 Å². The van der Waals surface area contributed by atoms with Crippen LogP contribution >= 0.6 is 0 Å². The standard InChI is InChI=1S/C21H24N2O2/c24-11-12-8-13-10-19(16(13)9-12)23-21(25)20-14-4-1-2-6-17(14)22-18-7-3-5-15(18)20/h1-2,4,6,12-13,16,19,24H,3,5,7-11H2,(H,23,25)/t12?,13-,16-,19?/m1/s1. The van der Waals surface area contributed by atoms with Crippen LogP contribution in [-0.4, -0.2) is 28.6 Å². The van der Waals surface area contributed by atoms with Gasteiger partial charge in [-0.25, -0.2) is 0 Å². The molecule has 2 unspecified atom stereocenters. The first-order valence-corrected chi connectivity index (χ1v) is 9.57. The van der Waals surface area contributed by atoms with Crippen LogP contribution in [0.5, 0.6) is 0 Å². The second-order valence-electron chi connectivity index (χ2n) is 8.04. The number of carbonyl (C=O) groups is 1. The van der Waals surface area contributed by atoms with E-state index in [4.69, 9.17) is 4.98 Å². The van der Waals surface area contributed by atoms with Crippen molar-refractivity contribution < 1.29 is 9.90 Å². The van der Waals surface area contributed by atoms with Gasteiger partial charge in [-0.05, 0) is 67.9 Å². The fraction of sp³-hybridized carbons (Fsp3) is 0.524. The number of aromatic nitrogens is 1. The Hall–Kier alpha value is -1.94. The first-order chi connectivity index (χ1) is 12.2. The number of aryl methyl sites for hydroxylation is 1. The largest absolute Gasteiger partial charge is 0.396 e. The molecule has 3 aliphatic rings. The monoisotopic (exact) mass is 336 g/mol. The number of para-hydroxylation sites is 1. The molecule has 4 heteroatoms. The van der Waals surface area contributed by atoms with Gasteiger partial charge in [0.1, 0.15) is 0 Å². The number of nitrogens with zero attached hydrogens (tertiary/aromatic N) is 1. The van der Waals surface area contributed by atoms with E-state index in [1.54, 1.807) is 0 Å². The van der Waals surface area contributed by atoms with Crippen molar-refractivity contribution in [2.45, 2.75) is 44.6 Å². The Morgan fingerprint density at radius 1 is 1.20 bits per heavy atom. The van der Waals surface area contributed by atoms with Crippen molar-refractivity contribution >= 4 is 16.8 Å². The molecule has 0 radical (unpaired) electrons. The minimum Gasteiger partial charge on any atom is -0.396 e. The lowest BCUT2D eigenvalue weighted by atomic mass is 9.71.